The van der Waals surface area contributed by atoms with Gasteiger partial charge in [0.05, 0.1) is 5.52 Å². The van der Waals surface area contributed by atoms with Crippen molar-refractivity contribution < 1.29 is 0 Å². The van der Waals surface area contributed by atoms with Crippen LogP contribution in [-0.2, 0) is 0 Å². The summed E-state index contributed by atoms with van der Waals surface area (Å²) in [5, 5.41) is 8.73. The highest BCUT2D eigenvalue weighted by Gasteiger charge is 2.14. The van der Waals surface area contributed by atoms with Crippen molar-refractivity contribution in [1.29, 1.82) is 0 Å². The molecule has 1 fully saturated rings. The number of para-hydroxylation sites is 1. The summed E-state index contributed by atoms with van der Waals surface area (Å²) in [6.07, 6.45) is 1.88. The van der Waals surface area contributed by atoms with Gasteiger partial charge < -0.3 is 4.90 Å². The van der Waals surface area contributed by atoms with Crippen LogP contribution in [0.3, 0.4) is 0 Å². The number of hydrogen-bond donors (Lipinski definition) is 1. The summed E-state index contributed by atoms with van der Waals surface area (Å²) < 4.78 is 0. The van der Waals surface area contributed by atoms with Crippen LogP contribution in [0.2, 0.25) is 0 Å². The van der Waals surface area contributed by atoms with E-state index < -0.39 is 0 Å². The lowest BCUT2D eigenvalue weighted by Gasteiger charge is -2.27. The van der Waals surface area contributed by atoms with E-state index >= 15 is 0 Å². The molecule has 1 aromatic carbocycles. The quantitative estimate of drug-likeness (QED) is 0.789. The van der Waals surface area contributed by atoms with Gasteiger partial charge in [0.15, 0.2) is 0 Å². The number of pyridine rings is 1. The van der Waals surface area contributed by atoms with E-state index in [1.165, 1.54) is 11.5 Å². The van der Waals surface area contributed by atoms with Crippen molar-refractivity contribution in [2.75, 3.05) is 29.5 Å². The second-order valence-electron chi connectivity index (χ2n) is 5.12. The molecule has 3 aromatic rings. The van der Waals surface area contributed by atoms with E-state index in [1.54, 1.807) is 0 Å². The Kier molecular flexibility index (Phi) is 3.27. The minimum absolute atomic E-state index is 1.00. The van der Waals surface area contributed by atoms with E-state index in [0.29, 0.717) is 0 Å². The summed E-state index contributed by atoms with van der Waals surface area (Å²) in [5.41, 5.74) is 3.19. The Balaban J connectivity index is 1.75. The fourth-order valence-electron chi connectivity index (χ4n) is 2.71. The maximum Gasteiger partial charge on any atom is 0.129 e. The van der Waals surface area contributed by atoms with Crippen LogP contribution in [0, 0.1) is 0 Å². The first-order valence-corrected chi connectivity index (χ1v) is 8.29. The zero-order valence-electron chi connectivity index (χ0n) is 11.6. The summed E-state index contributed by atoms with van der Waals surface area (Å²) in [4.78, 5) is 6.89. The summed E-state index contributed by atoms with van der Waals surface area (Å²) in [6, 6.07) is 12.4. The van der Waals surface area contributed by atoms with Crippen LogP contribution < -0.4 is 4.90 Å². The lowest BCUT2D eigenvalue weighted by atomic mass is 10.1. The lowest BCUT2D eigenvalue weighted by Crippen LogP contribution is -2.33. The van der Waals surface area contributed by atoms with Gasteiger partial charge in [-0.2, -0.15) is 16.9 Å². The Hall–Kier alpha value is -2.01. The van der Waals surface area contributed by atoms with Gasteiger partial charge in [0, 0.05) is 41.7 Å². The Morgan fingerprint density at radius 3 is 2.86 bits per heavy atom. The van der Waals surface area contributed by atoms with E-state index in [2.05, 4.69) is 38.3 Å². The first-order chi connectivity index (χ1) is 10.4. The SMILES string of the molecule is c1ccc2c(-c3ccnc(N4CCSCC4)c3)n[nH]c2c1. The lowest BCUT2D eigenvalue weighted by molar-refractivity contribution is 0.839. The fourth-order valence-corrected chi connectivity index (χ4v) is 3.62. The third kappa shape index (κ3) is 2.38. The number of aromatic nitrogens is 3. The summed E-state index contributed by atoms with van der Waals surface area (Å²) >= 11 is 2.01. The monoisotopic (exact) mass is 296 g/mol. The second kappa shape index (κ2) is 5.41. The highest BCUT2D eigenvalue weighted by atomic mass is 32.2. The number of nitrogens with one attached hydrogen (secondary N) is 1. The van der Waals surface area contributed by atoms with Crippen molar-refractivity contribution >= 4 is 28.5 Å². The van der Waals surface area contributed by atoms with Gasteiger partial charge in [-0.25, -0.2) is 4.98 Å². The summed E-state index contributed by atoms with van der Waals surface area (Å²) in [6.45, 7) is 2.14. The van der Waals surface area contributed by atoms with Crippen molar-refractivity contribution in [3.8, 4) is 11.3 Å². The molecule has 1 aliphatic heterocycles. The molecule has 4 nitrogen and oxygen atoms in total. The number of benzene rings is 1. The number of fused-ring (bicyclic) bond motifs is 1. The average Bonchev–Trinajstić information content (AvgIpc) is 3.00. The highest BCUT2D eigenvalue weighted by Crippen LogP contribution is 2.28. The van der Waals surface area contributed by atoms with Crippen molar-refractivity contribution in [2.45, 2.75) is 0 Å². The van der Waals surface area contributed by atoms with Gasteiger partial charge in [-0.1, -0.05) is 18.2 Å². The van der Waals surface area contributed by atoms with Crippen LogP contribution in [0.25, 0.3) is 22.2 Å². The average molecular weight is 296 g/mol. The number of H-pyrrole nitrogens is 1. The molecule has 1 saturated heterocycles. The molecule has 0 radical (unpaired) electrons. The van der Waals surface area contributed by atoms with Gasteiger partial charge in [-0.15, -0.1) is 0 Å². The number of nitrogens with zero attached hydrogens (tertiary/aromatic N) is 3. The Bertz CT molecular complexity index is 762. The van der Waals surface area contributed by atoms with E-state index in [4.69, 9.17) is 0 Å². The predicted octanol–water partition coefficient (Wildman–Crippen LogP) is 3.18. The smallest absolute Gasteiger partial charge is 0.129 e. The van der Waals surface area contributed by atoms with Crippen molar-refractivity contribution in [3.05, 3.63) is 42.6 Å². The third-order valence-corrected chi connectivity index (χ3v) is 4.77. The molecule has 106 valence electrons. The minimum atomic E-state index is 1.00. The number of anilines is 1. The fraction of sp³-hybridized carbons (Fsp3) is 0.250. The zero-order valence-corrected chi connectivity index (χ0v) is 12.4. The maximum atomic E-state index is 4.53. The molecule has 2 aromatic heterocycles. The normalized spacial score (nSPS) is 15.5. The molecule has 21 heavy (non-hydrogen) atoms. The van der Waals surface area contributed by atoms with Gasteiger partial charge in [-0.3, -0.25) is 5.10 Å². The van der Waals surface area contributed by atoms with Gasteiger partial charge in [-0.05, 0) is 18.2 Å². The number of hydrogen-bond acceptors (Lipinski definition) is 4. The van der Waals surface area contributed by atoms with E-state index in [-0.39, 0.29) is 0 Å². The number of thioether (sulfide) groups is 1. The standard InChI is InChI=1S/C16H16N4S/c1-2-4-14-13(3-1)16(19-18-14)12-5-6-17-15(11-12)20-7-9-21-10-8-20/h1-6,11H,7-10H2,(H,18,19). The molecule has 3 heterocycles. The van der Waals surface area contributed by atoms with Crippen molar-refractivity contribution in [2.24, 2.45) is 0 Å². The van der Waals surface area contributed by atoms with Crippen LogP contribution in [-0.4, -0.2) is 39.8 Å². The molecule has 0 bridgehead atoms. The number of aromatic amines is 1. The van der Waals surface area contributed by atoms with E-state index in [1.807, 2.05) is 36.2 Å². The first-order valence-electron chi connectivity index (χ1n) is 7.14. The van der Waals surface area contributed by atoms with Crippen LogP contribution in [0.5, 0.6) is 0 Å². The van der Waals surface area contributed by atoms with E-state index in [0.717, 1.165) is 41.1 Å². The molecular formula is C16H16N4S. The van der Waals surface area contributed by atoms with E-state index in [9.17, 15) is 0 Å². The second-order valence-corrected chi connectivity index (χ2v) is 6.34. The largest absolute Gasteiger partial charge is 0.355 e. The van der Waals surface area contributed by atoms with Crippen LogP contribution >= 0.6 is 11.8 Å². The van der Waals surface area contributed by atoms with Gasteiger partial charge in [0.1, 0.15) is 11.5 Å². The molecular weight excluding hydrogens is 280 g/mol. The first kappa shape index (κ1) is 12.7. The summed E-state index contributed by atoms with van der Waals surface area (Å²) in [7, 11) is 0. The molecule has 0 unspecified atom stereocenters. The molecule has 1 aliphatic rings. The molecule has 1 N–H and O–H groups in total. The third-order valence-electron chi connectivity index (χ3n) is 3.82. The van der Waals surface area contributed by atoms with Crippen molar-refractivity contribution in [3.63, 3.8) is 0 Å². The van der Waals surface area contributed by atoms with Crippen LogP contribution in [0.15, 0.2) is 42.6 Å². The topological polar surface area (TPSA) is 44.8 Å². The molecule has 0 spiro atoms. The van der Waals surface area contributed by atoms with Crippen LogP contribution in [0.1, 0.15) is 0 Å². The van der Waals surface area contributed by atoms with Gasteiger partial charge >= 0.3 is 0 Å². The van der Waals surface area contributed by atoms with Crippen LogP contribution in [0.4, 0.5) is 5.82 Å². The zero-order chi connectivity index (χ0) is 14.1. The Morgan fingerprint density at radius 1 is 1.10 bits per heavy atom. The summed E-state index contributed by atoms with van der Waals surface area (Å²) in [5.74, 6) is 3.41. The predicted molar refractivity (Wildman–Crippen MR) is 88.9 cm³/mol. The maximum absolute atomic E-state index is 4.53. The van der Waals surface area contributed by atoms with Gasteiger partial charge in [0.25, 0.3) is 0 Å². The molecule has 0 saturated carbocycles. The molecule has 0 atom stereocenters. The highest BCUT2D eigenvalue weighted by molar-refractivity contribution is 7.99. The molecule has 0 amide bonds. The Morgan fingerprint density at radius 2 is 1.95 bits per heavy atom. The van der Waals surface area contributed by atoms with Gasteiger partial charge in [0.2, 0.25) is 0 Å². The van der Waals surface area contributed by atoms with Crippen molar-refractivity contribution in [1.82, 2.24) is 15.2 Å². The molecule has 4 rings (SSSR count). The minimum Gasteiger partial charge on any atom is -0.355 e. The Labute approximate surface area is 127 Å². The molecule has 0 aliphatic carbocycles. The number of rotatable bonds is 2. The molecule has 5 heteroatoms.